The van der Waals surface area contributed by atoms with Gasteiger partial charge in [-0.3, -0.25) is 24.0 Å². The quantitative estimate of drug-likeness (QED) is 0.358. The van der Waals surface area contributed by atoms with E-state index in [9.17, 15) is 24.0 Å². The number of benzene rings is 1. The van der Waals surface area contributed by atoms with Crippen LogP contribution in [0.5, 0.6) is 0 Å². The SMILES string of the molecule is CC(C)C[C@@H]1NC(=O)[C@H](CC(C)C)NC(=O)[C@H](C(C)C)NC(=O)CNC(=O)[C@H](Cc2ccccc2)NC1=O. The molecule has 10 nitrogen and oxygen atoms in total. The van der Waals surface area contributed by atoms with Gasteiger partial charge in [-0.05, 0) is 36.2 Å². The first kappa shape index (κ1) is 30.8. The number of hydrogen-bond donors (Lipinski definition) is 5. The molecule has 2 rings (SSSR count). The average molecular weight is 530 g/mol. The van der Waals surface area contributed by atoms with Gasteiger partial charge in [-0.2, -0.15) is 0 Å². The Balaban J connectivity index is 2.45. The van der Waals surface area contributed by atoms with E-state index >= 15 is 0 Å². The third-order valence-electron chi connectivity index (χ3n) is 6.28. The molecule has 5 N–H and O–H groups in total. The Kier molecular flexibility index (Phi) is 11.7. The molecule has 0 saturated carbocycles. The molecule has 0 unspecified atom stereocenters. The summed E-state index contributed by atoms with van der Waals surface area (Å²) in [6.45, 7) is 10.9. The van der Waals surface area contributed by atoms with Gasteiger partial charge in [0.05, 0.1) is 6.54 Å². The maximum Gasteiger partial charge on any atom is 0.243 e. The highest BCUT2D eigenvalue weighted by molar-refractivity contribution is 5.97. The van der Waals surface area contributed by atoms with Crippen LogP contribution in [-0.4, -0.2) is 60.2 Å². The van der Waals surface area contributed by atoms with E-state index in [0.29, 0.717) is 12.8 Å². The van der Waals surface area contributed by atoms with E-state index in [1.807, 2.05) is 58.0 Å². The lowest BCUT2D eigenvalue weighted by atomic mass is 9.98. The third-order valence-corrected chi connectivity index (χ3v) is 6.28. The molecule has 5 amide bonds. The topological polar surface area (TPSA) is 146 Å². The lowest BCUT2D eigenvalue weighted by Crippen LogP contribution is -2.58. The van der Waals surface area contributed by atoms with E-state index in [2.05, 4.69) is 26.6 Å². The van der Waals surface area contributed by atoms with E-state index < -0.39 is 53.7 Å². The molecule has 0 aromatic heterocycles. The van der Waals surface area contributed by atoms with Crippen LogP contribution < -0.4 is 26.6 Å². The van der Waals surface area contributed by atoms with Gasteiger partial charge in [0.25, 0.3) is 0 Å². The smallest absolute Gasteiger partial charge is 0.243 e. The molecular weight excluding hydrogens is 486 g/mol. The van der Waals surface area contributed by atoms with Crippen LogP contribution in [0.3, 0.4) is 0 Å². The standard InChI is InChI=1S/C28H43N5O5/c1-16(2)12-20-26(36)31-22(14-19-10-8-7-9-11-19)25(35)29-15-23(34)33-24(18(5)6)28(38)32-21(13-17(3)4)27(37)30-20/h7-11,16-18,20-22,24H,12-15H2,1-6H3,(H,29,35)(H,30,37)(H,31,36)(H,32,38)(H,33,34)/t20-,21-,22-,24-/m0/s1. The lowest BCUT2D eigenvalue weighted by Gasteiger charge is -2.28. The molecule has 1 heterocycles. The zero-order chi connectivity index (χ0) is 28.4. The van der Waals surface area contributed by atoms with Crippen molar-refractivity contribution in [2.75, 3.05) is 6.54 Å². The zero-order valence-electron chi connectivity index (χ0n) is 23.3. The summed E-state index contributed by atoms with van der Waals surface area (Å²) >= 11 is 0. The predicted octanol–water partition coefficient (Wildman–Crippen LogP) is 1.05. The normalized spacial score (nSPS) is 24.2. The van der Waals surface area contributed by atoms with Crippen LogP contribution in [0.15, 0.2) is 30.3 Å². The van der Waals surface area contributed by atoms with Crippen LogP contribution >= 0.6 is 0 Å². The van der Waals surface area contributed by atoms with Crippen molar-refractivity contribution in [1.29, 1.82) is 0 Å². The second-order valence-electron chi connectivity index (χ2n) is 11.1. The number of nitrogens with one attached hydrogen (secondary N) is 5. The van der Waals surface area contributed by atoms with Gasteiger partial charge in [-0.1, -0.05) is 71.9 Å². The van der Waals surface area contributed by atoms with Gasteiger partial charge in [0.2, 0.25) is 29.5 Å². The first-order valence-electron chi connectivity index (χ1n) is 13.4. The molecule has 38 heavy (non-hydrogen) atoms. The molecule has 1 aromatic rings. The Bertz CT molecular complexity index is 979. The monoisotopic (exact) mass is 529 g/mol. The van der Waals surface area contributed by atoms with Crippen molar-refractivity contribution >= 4 is 29.5 Å². The first-order chi connectivity index (χ1) is 17.9. The minimum atomic E-state index is -0.971. The molecule has 1 saturated heterocycles. The zero-order valence-corrected chi connectivity index (χ0v) is 23.3. The Morgan fingerprint density at radius 3 is 1.66 bits per heavy atom. The van der Waals surface area contributed by atoms with Crippen LogP contribution in [0.2, 0.25) is 0 Å². The Hall–Kier alpha value is -3.43. The highest BCUT2D eigenvalue weighted by Gasteiger charge is 2.33. The second kappa shape index (κ2) is 14.5. The van der Waals surface area contributed by atoms with Crippen LogP contribution in [-0.2, 0) is 30.4 Å². The van der Waals surface area contributed by atoms with Crippen LogP contribution in [0.25, 0.3) is 0 Å². The summed E-state index contributed by atoms with van der Waals surface area (Å²) in [5.41, 5.74) is 0.825. The Morgan fingerprint density at radius 1 is 0.658 bits per heavy atom. The van der Waals surface area contributed by atoms with Crippen molar-refractivity contribution in [2.24, 2.45) is 17.8 Å². The van der Waals surface area contributed by atoms with Crippen molar-refractivity contribution in [3.63, 3.8) is 0 Å². The molecule has 0 spiro atoms. The van der Waals surface area contributed by atoms with Crippen molar-refractivity contribution in [2.45, 2.75) is 85.0 Å². The lowest BCUT2D eigenvalue weighted by molar-refractivity contribution is -0.134. The number of carbonyl (C=O) groups excluding carboxylic acids is 5. The number of hydrogen-bond acceptors (Lipinski definition) is 5. The van der Waals surface area contributed by atoms with E-state index in [-0.39, 0.29) is 30.7 Å². The summed E-state index contributed by atoms with van der Waals surface area (Å²) in [7, 11) is 0. The second-order valence-corrected chi connectivity index (χ2v) is 11.1. The maximum absolute atomic E-state index is 13.4. The summed E-state index contributed by atoms with van der Waals surface area (Å²) < 4.78 is 0. The van der Waals surface area contributed by atoms with Crippen molar-refractivity contribution in [1.82, 2.24) is 26.6 Å². The molecular formula is C28H43N5O5. The molecule has 210 valence electrons. The fourth-order valence-corrected chi connectivity index (χ4v) is 4.32. The fourth-order valence-electron chi connectivity index (χ4n) is 4.32. The van der Waals surface area contributed by atoms with E-state index in [1.165, 1.54) is 0 Å². The van der Waals surface area contributed by atoms with Gasteiger partial charge in [0.15, 0.2) is 0 Å². The predicted molar refractivity (Wildman–Crippen MR) is 145 cm³/mol. The van der Waals surface area contributed by atoms with Gasteiger partial charge >= 0.3 is 0 Å². The molecule has 0 aliphatic carbocycles. The largest absolute Gasteiger partial charge is 0.345 e. The van der Waals surface area contributed by atoms with Gasteiger partial charge in [-0.25, -0.2) is 0 Å². The fraction of sp³-hybridized carbons (Fsp3) is 0.607. The van der Waals surface area contributed by atoms with Gasteiger partial charge in [0.1, 0.15) is 24.2 Å². The minimum absolute atomic E-state index is 0.0693. The third kappa shape index (κ3) is 9.79. The van der Waals surface area contributed by atoms with E-state index in [1.54, 1.807) is 13.8 Å². The van der Waals surface area contributed by atoms with Crippen LogP contribution in [0.1, 0.15) is 59.9 Å². The number of rotatable bonds is 7. The summed E-state index contributed by atoms with van der Waals surface area (Å²) in [6.07, 6.45) is 0.893. The summed E-state index contributed by atoms with van der Waals surface area (Å²) in [5, 5.41) is 13.6. The van der Waals surface area contributed by atoms with E-state index in [0.717, 1.165) is 5.56 Å². The molecule has 0 bridgehead atoms. The van der Waals surface area contributed by atoms with Crippen molar-refractivity contribution in [3.8, 4) is 0 Å². The first-order valence-corrected chi connectivity index (χ1v) is 13.4. The summed E-state index contributed by atoms with van der Waals surface area (Å²) in [4.78, 5) is 65.7. The molecule has 1 aliphatic rings. The number of amides is 5. The van der Waals surface area contributed by atoms with Crippen LogP contribution in [0.4, 0.5) is 0 Å². The molecule has 0 radical (unpaired) electrons. The molecule has 4 atom stereocenters. The van der Waals surface area contributed by atoms with Gasteiger partial charge in [0, 0.05) is 6.42 Å². The molecule has 1 aliphatic heterocycles. The highest BCUT2D eigenvalue weighted by atomic mass is 16.2. The Labute approximate surface area is 225 Å². The molecule has 1 aromatic carbocycles. The van der Waals surface area contributed by atoms with Crippen molar-refractivity contribution < 1.29 is 24.0 Å². The summed E-state index contributed by atoms with van der Waals surface area (Å²) in [5.74, 6) is -2.69. The summed E-state index contributed by atoms with van der Waals surface area (Å²) in [6, 6.07) is 5.53. The van der Waals surface area contributed by atoms with Crippen molar-refractivity contribution in [3.05, 3.63) is 35.9 Å². The average Bonchev–Trinajstić information content (AvgIpc) is 2.83. The van der Waals surface area contributed by atoms with E-state index in [4.69, 9.17) is 0 Å². The maximum atomic E-state index is 13.4. The minimum Gasteiger partial charge on any atom is -0.345 e. The Morgan fingerprint density at radius 2 is 1.16 bits per heavy atom. The van der Waals surface area contributed by atoms with Gasteiger partial charge < -0.3 is 26.6 Å². The molecule has 1 fully saturated rings. The van der Waals surface area contributed by atoms with Gasteiger partial charge in [-0.15, -0.1) is 0 Å². The van der Waals surface area contributed by atoms with Crippen LogP contribution in [0, 0.1) is 17.8 Å². The highest BCUT2D eigenvalue weighted by Crippen LogP contribution is 2.12. The number of carbonyl (C=O) groups is 5. The molecule has 10 heteroatoms.